The predicted octanol–water partition coefficient (Wildman–Crippen LogP) is 5.84. The molecule has 6 heteroatoms. The molecule has 2 heterocycles. The van der Waals surface area contributed by atoms with Gasteiger partial charge in [-0.1, -0.05) is 43.8 Å². The Hall–Kier alpha value is -2.94. The van der Waals surface area contributed by atoms with Crippen LogP contribution < -0.4 is 4.74 Å². The molecule has 31 heavy (non-hydrogen) atoms. The van der Waals surface area contributed by atoms with Crippen molar-refractivity contribution in [2.45, 2.75) is 79.2 Å². The van der Waals surface area contributed by atoms with Gasteiger partial charge in [-0.25, -0.2) is 4.98 Å². The molecule has 0 aromatic carbocycles. The van der Waals surface area contributed by atoms with Crippen molar-refractivity contribution in [2.75, 3.05) is 0 Å². The Balaban J connectivity index is 2.28. The molecule has 0 saturated heterocycles. The zero-order valence-corrected chi connectivity index (χ0v) is 19.8. The number of unbranched alkanes of at least 4 members (excludes halogenated alkanes) is 1. The minimum absolute atomic E-state index is 0.0473. The Bertz CT molecular complexity index is 966. The lowest BCUT2D eigenvalue weighted by molar-refractivity contribution is 0.147. The Morgan fingerprint density at radius 3 is 2.68 bits per heavy atom. The van der Waals surface area contributed by atoms with Gasteiger partial charge in [-0.3, -0.25) is 0 Å². The molecule has 2 aromatic heterocycles. The number of allylic oxidation sites excluding steroid dienone is 4. The third-order valence-corrected chi connectivity index (χ3v) is 5.52. The van der Waals surface area contributed by atoms with Gasteiger partial charge in [0.1, 0.15) is 6.10 Å². The molecular formula is C25H34N4O2. The van der Waals surface area contributed by atoms with Crippen LogP contribution in [0.3, 0.4) is 0 Å². The van der Waals surface area contributed by atoms with Crippen molar-refractivity contribution in [1.82, 2.24) is 20.1 Å². The van der Waals surface area contributed by atoms with E-state index in [2.05, 4.69) is 46.8 Å². The van der Waals surface area contributed by atoms with Crippen LogP contribution in [0.4, 0.5) is 0 Å². The van der Waals surface area contributed by atoms with Gasteiger partial charge in [0.05, 0.1) is 5.41 Å². The Morgan fingerprint density at radius 1 is 1.29 bits per heavy atom. The molecule has 0 spiro atoms. The fourth-order valence-corrected chi connectivity index (χ4v) is 3.26. The molecule has 0 aliphatic heterocycles. The average molecular weight is 423 g/mol. The SMILES string of the molecule is C#C/C=C\C(=C/C)C(C)(C)c1noc(-c2nc(C)cc(O[C@@H](C)[C@@H](C)CCCC)n2)n1. The highest BCUT2D eigenvalue weighted by Gasteiger charge is 2.30. The van der Waals surface area contributed by atoms with Crippen LogP contribution >= 0.6 is 0 Å². The number of aryl methyl sites for hydroxylation is 1. The number of ether oxygens (including phenoxy) is 1. The summed E-state index contributed by atoms with van der Waals surface area (Å²) in [5.74, 6) is 4.62. The molecule has 2 aromatic rings. The van der Waals surface area contributed by atoms with Crippen molar-refractivity contribution >= 4 is 0 Å². The fraction of sp³-hybridized carbons (Fsp3) is 0.520. The monoisotopic (exact) mass is 422 g/mol. The number of hydrogen-bond donors (Lipinski definition) is 0. The molecule has 0 aliphatic rings. The number of hydrogen-bond acceptors (Lipinski definition) is 6. The van der Waals surface area contributed by atoms with Crippen LogP contribution in [0.2, 0.25) is 0 Å². The molecule has 0 aliphatic carbocycles. The van der Waals surface area contributed by atoms with Crippen molar-refractivity contribution < 1.29 is 9.26 Å². The minimum atomic E-state index is -0.490. The molecule has 0 radical (unpaired) electrons. The third-order valence-electron chi connectivity index (χ3n) is 5.52. The van der Waals surface area contributed by atoms with Gasteiger partial charge in [-0.05, 0) is 64.7 Å². The van der Waals surface area contributed by atoms with Crippen molar-refractivity contribution in [3.63, 3.8) is 0 Å². The lowest BCUT2D eigenvalue weighted by Gasteiger charge is -2.21. The molecule has 166 valence electrons. The highest BCUT2D eigenvalue weighted by atomic mass is 16.5. The van der Waals surface area contributed by atoms with Crippen molar-refractivity contribution in [2.24, 2.45) is 5.92 Å². The Kier molecular flexibility index (Phi) is 8.56. The lowest BCUT2D eigenvalue weighted by atomic mass is 9.83. The first-order valence-electron chi connectivity index (χ1n) is 10.9. The number of nitrogens with zero attached hydrogens (tertiary/aromatic N) is 4. The second-order valence-electron chi connectivity index (χ2n) is 8.41. The van der Waals surface area contributed by atoms with Crippen LogP contribution in [-0.2, 0) is 5.41 Å². The standard InChI is InChI=1S/C25H34N4O2/c1-9-12-14-17(4)19(6)30-21-16-18(5)26-22(27-21)23-28-24(29-31-23)25(7,8)20(11-3)15-13-10-2/h2,11,13,15-17,19H,9,12,14H2,1,3-8H3/b15-13-,20-11+/t17-,19-/m0/s1. The molecule has 0 bridgehead atoms. The molecule has 6 nitrogen and oxygen atoms in total. The van der Waals surface area contributed by atoms with E-state index in [0.29, 0.717) is 23.4 Å². The van der Waals surface area contributed by atoms with Crippen molar-refractivity contribution in [3.05, 3.63) is 41.4 Å². The van der Waals surface area contributed by atoms with Crippen molar-refractivity contribution in [3.8, 4) is 29.9 Å². The van der Waals surface area contributed by atoms with Crippen LogP contribution in [0, 0.1) is 25.2 Å². The topological polar surface area (TPSA) is 73.9 Å². The zero-order chi connectivity index (χ0) is 23.0. The number of rotatable bonds is 10. The highest BCUT2D eigenvalue weighted by Crippen LogP contribution is 2.31. The van der Waals surface area contributed by atoms with Gasteiger partial charge in [-0.2, -0.15) is 9.97 Å². The molecular weight excluding hydrogens is 388 g/mol. The first-order chi connectivity index (χ1) is 14.7. The summed E-state index contributed by atoms with van der Waals surface area (Å²) in [6.07, 6.45) is 14.4. The van der Waals surface area contributed by atoms with Crippen LogP contribution in [0.5, 0.6) is 5.88 Å². The molecule has 2 atom stereocenters. The van der Waals surface area contributed by atoms with E-state index in [9.17, 15) is 0 Å². The van der Waals surface area contributed by atoms with Crippen LogP contribution in [0.25, 0.3) is 11.7 Å². The van der Waals surface area contributed by atoms with E-state index in [1.807, 2.05) is 45.9 Å². The van der Waals surface area contributed by atoms with E-state index in [-0.39, 0.29) is 12.0 Å². The van der Waals surface area contributed by atoms with Gasteiger partial charge in [0.25, 0.3) is 5.89 Å². The summed E-state index contributed by atoms with van der Waals surface area (Å²) in [7, 11) is 0. The zero-order valence-electron chi connectivity index (χ0n) is 19.8. The Morgan fingerprint density at radius 2 is 2.03 bits per heavy atom. The molecule has 2 rings (SSSR count). The highest BCUT2D eigenvalue weighted by molar-refractivity contribution is 5.44. The van der Waals surface area contributed by atoms with E-state index in [0.717, 1.165) is 17.7 Å². The summed E-state index contributed by atoms with van der Waals surface area (Å²) >= 11 is 0. The van der Waals surface area contributed by atoms with Gasteiger partial charge in [0.15, 0.2) is 5.82 Å². The fourth-order valence-electron chi connectivity index (χ4n) is 3.26. The second-order valence-corrected chi connectivity index (χ2v) is 8.41. The van der Waals surface area contributed by atoms with Gasteiger partial charge >= 0.3 is 0 Å². The minimum Gasteiger partial charge on any atom is -0.474 e. The average Bonchev–Trinajstić information content (AvgIpc) is 3.23. The summed E-state index contributed by atoms with van der Waals surface area (Å²) in [6, 6.07) is 1.83. The van der Waals surface area contributed by atoms with E-state index in [1.165, 1.54) is 12.8 Å². The number of aromatic nitrogens is 4. The second kappa shape index (κ2) is 10.9. The maximum absolute atomic E-state index is 6.11. The first kappa shape index (κ1) is 24.3. The van der Waals surface area contributed by atoms with Crippen molar-refractivity contribution in [1.29, 1.82) is 0 Å². The number of terminal acetylenes is 1. The summed E-state index contributed by atoms with van der Waals surface area (Å²) in [5, 5.41) is 4.19. The first-order valence-corrected chi connectivity index (χ1v) is 10.9. The predicted molar refractivity (Wildman–Crippen MR) is 124 cm³/mol. The van der Waals surface area contributed by atoms with Gasteiger partial charge in [0.2, 0.25) is 11.7 Å². The van der Waals surface area contributed by atoms with Gasteiger partial charge in [-0.15, -0.1) is 6.42 Å². The lowest BCUT2D eigenvalue weighted by Crippen LogP contribution is -2.22. The van der Waals surface area contributed by atoms with E-state index in [1.54, 1.807) is 6.08 Å². The quantitative estimate of drug-likeness (QED) is 0.354. The smallest absolute Gasteiger partial charge is 0.295 e. The van der Waals surface area contributed by atoms with E-state index in [4.69, 9.17) is 15.7 Å². The molecule has 0 saturated carbocycles. The molecule has 0 N–H and O–H groups in total. The van der Waals surface area contributed by atoms with Gasteiger partial charge < -0.3 is 9.26 Å². The van der Waals surface area contributed by atoms with Crippen LogP contribution in [-0.4, -0.2) is 26.2 Å². The molecule has 0 amide bonds. The molecule has 0 unspecified atom stereocenters. The molecule has 0 fully saturated rings. The summed E-state index contributed by atoms with van der Waals surface area (Å²) in [6.45, 7) is 14.4. The Labute approximate surface area is 186 Å². The largest absolute Gasteiger partial charge is 0.474 e. The van der Waals surface area contributed by atoms with E-state index >= 15 is 0 Å². The maximum Gasteiger partial charge on any atom is 0.295 e. The maximum atomic E-state index is 6.11. The summed E-state index contributed by atoms with van der Waals surface area (Å²) in [4.78, 5) is 13.6. The van der Waals surface area contributed by atoms with Crippen LogP contribution in [0.1, 0.15) is 72.3 Å². The third kappa shape index (κ3) is 6.27. The normalized spacial score (nSPS) is 14.5. The summed E-state index contributed by atoms with van der Waals surface area (Å²) < 4.78 is 11.6. The van der Waals surface area contributed by atoms with E-state index < -0.39 is 5.41 Å². The van der Waals surface area contributed by atoms with Gasteiger partial charge in [0, 0.05) is 11.8 Å². The summed E-state index contributed by atoms with van der Waals surface area (Å²) in [5.41, 5.74) is 1.27. The van der Waals surface area contributed by atoms with Crippen LogP contribution in [0.15, 0.2) is 34.4 Å².